The van der Waals surface area contributed by atoms with E-state index in [1.807, 2.05) is 13.0 Å². The number of carbonyl (C=O) groups excluding carboxylic acids is 1. The molecule has 0 aliphatic rings. The minimum atomic E-state index is -0.819. The zero-order valence-corrected chi connectivity index (χ0v) is 10.1. The maximum atomic E-state index is 11.2. The Bertz CT molecular complexity index is 401. The average molecular weight is 238 g/mol. The molecular formula is C12H14O3S. The third-order valence-corrected chi connectivity index (χ3v) is 3.51. The van der Waals surface area contributed by atoms with Crippen molar-refractivity contribution in [3.8, 4) is 0 Å². The molecule has 0 heterocycles. The first-order chi connectivity index (χ1) is 7.54. The number of hydrogen-bond donors (Lipinski definition) is 1. The lowest BCUT2D eigenvalue weighted by Crippen LogP contribution is -2.14. The molecule has 1 unspecified atom stereocenters. The van der Waals surface area contributed by atoms with Crippen molar-refractivity contribution in [1.29, 1.82) is 0 Å². The van der Waals surface area contributed by atoms with Gasteiger partial charge < -0.3 is 5.11 Å². The van der Waals surface area contributed by atoms with Crippen LogP contribution in [0.15, 0.2) is 29.2 Å². The van der Waals surface area contributed by atoms with Crippen molar-refractivity contribution >= 4 is 23.5 Å². The first-order valence-electron chi connectivity index (χ1n) is 5.05. The van der Waals surface area contributed by atoms with Gasteiger partial charge in [0.05, 0.1) is 0 Å². The molecule has 1 aromatic carbocycles. The van der Waals surface area contributed by atoms with Crippen LogP contribution in [0.1, 0.15) is 30.6 Å². The van der Waals surface area contributed by atoms with Gasteiger partial charge in [-0.25, -0.2) is 0 Å². The van der Waals surface area contributed by atoms with Gasteiger partial charge in [0.25, 0.3) is 0 Å². The van der Waals surface area contributed by atoms with Gasteiger partial charge in [-0.1, -0.05) is 19.1 Å². The Morgan fingerprint density at radius 1 is 1.44 bits per heavy atom. The van der Waals surface area contributed by atoms with E-state index in [2.05, 4.69) is 0 Å². The SMILES string of the molecule is CCC(Sc1cccc(C(C)=O)c1)C(=O)O. The number of carboxylic acids is 1. The summed E-state index contributed by atoms with van der Waals surface area (Å²) in [5, 5.41) is 8.47. The van der Waals surface area contributed by atoms with Crippen molar-refractivity contribution in [2.45, 2.75) is 30.4 Å². The fourth-order valence-electron chi connectivity index (χ4n) is 1.26. The molecule has 0 radical (unpaired) electrons. The first-order valence-corrected chi connectivity index (χ1v) is 5.93. The molecule has 1 rings (SSSR count). The monoisotopic (exact) mass is 238 g/mol. The van der Waals surface area contributed by atoms with Gasteiger partial charge in [-0.2, -0.15) is 0 Å². The summed E-state index contributed by atoms with van der Waals surface area (Å²) in [4.78, 5) is 22.8. The average Bonchev–Trinajstić information content (AvgIpc) is 2.25. The molecule has 0 saturated heterocycles. The van der Waals surface area contributed by atoms with Crippen molar-refractivity contribution in [3.63, 3.8) is 0 Å². The third-order valence-electron chi connectivity index (χ3n) is 2.17. The number of carboxylic acid groups (broad SMARTS) is 1. The van der Waals surface area contributed by atoms with Gasteiger partial charge in [-0.05, 0) is 25.5 Å². The molecule has 86 valence electrons. The van der Waals surface area contributed by atoms with Gasteiger partial charge in [-0.3, -0.25) is 9.59 Å². The normalized spacial score (nSPS) is 12.1. The molecule has 0 aliphatic carbocycles. The zero-order valence-electron chi connectivity index (χ0n) is 9.27. The summed E-state index contributed by atoms with van der Waals surface area (Å²) < 4.78 is 0. The standard InChI is InChI=1S/C12H14O3S/c1-3-11(12(14)15)16-10-6-4-5-9(7-10)8(2)13/h4-7,11H,3H2,1-2H3,(H,14,15). The smallest absolute Gasteiger partial charge is 0.316 e. The molecular weight excluding hydrogens is 224 g/mol. The van der Waals surface area contributed by atoms with Gasteiger partial charge in [0.15, 0.2) is 5.78 Å². The molecule has 0 aromatic heterocycles. The predicted octanol–water partition coefficient (Wildman–Crippen LogP) is 2.84. The molecule has 4 heteroatoms. The molecule has 16 heavy (non-hydrogen) atoms. The van der Waals surface area contributed by atoms with Gasteiger partial charge >= 0.3 is 5.97 Å². The second-order valence-electron chi connectivity index (χ2n) is 3.44. The highest BCUT2D eigenvalue weighted by atomic mass is 32.2. The summed E-state index contributed by atoms with van der Waals surface area (Å²) in [7, 11) is 0. The Kier molecular flexibility index (Phi) is 4.55. The summed E-state index contributed by atoms with van der Waals surface area (Å²) in [5.41, 5.74) is 0.616. The molecule has 1 aromatic rings. The van der Waals surface area contributed by atoms with E-state index in [1.54, 1.807) is 18.2 Å². The van der Waals surface area contributed by atoms with Crippen LogP contribution in [0.5, 0.6) is 0 Å². The lowest BCUT2D eigenvalue weighted by Gasteiger charge is -2.09. The van der Waals surface area contributed by atoms with Gasteiger partial charge in [0.2, 0.25) is 0 Å². The van der Waals surface area contributed by atoms with Crippen LogP contribution < -0.4 is 0 Å². The van der Waals surface area contributed by atoms with E-state index in [-0.39, 0.29) is 5.78 Å². The van der Waals surface area contributed by atoms with E-state index in [1.165, 1.54) is 18.7 Å². The number of rotatable bonds is 5. The third kappa shape index (κ3) is 3.38. The Morgan fingerprint density at radius 2 is 2.12 bits per heavy atom. The molecule has 0 aliphatic heterocycles. The van der Waals surface area contributed by atoms with Gasteiger partial charge in [-0.15, -0.1) is 11.8 Å². The van der Waals surface area contributed by atoms with Crippen LogP contribution in [-0.4, -0.2) is 22.1 Å². The molecule has 0 fully saturated rings. The van der Waals surface area contributed by atoms with Crippen molar-refractivity contribution in [2.75, 3.05) is 0 Å². The Labute approximate surface area is 98.9 Å². The first kappa shape index (κ1) is 12.8. The highest BCUT2D eigenvalue weighted by molar-refractivity contribution is 8.00. The van der Waals surface area contributed by atoms with Crippen LogP contribution in [0.4, 0.5) is 0 Å². The highest BCUT2D eigenvalue weighted by Gasteiger charge is 2.16. The van der Waals surface area contributed by atoms with Crippen LogP contribution in [-0.2, 0) is 4.79 Å². The van der Waals surface area contributed by atoms with E-state index in [9.17, 15) is 9.59 Å². The van der Waals surface area contributed by atoms with Gasteiger partial charge in [0, 0.05) is 10.5 Å². The van der Waals surface area contributed by atoms with E-state index in [0.29, 0.717) is 12.0 Å². The summed E-state index contributed by atoms with van der Waals surface area (Å²) in [6, 6.07) is 7.06. The van der Waals surface area contributed by atoms with E-state index in [4.69, 9.17) is 5.11 Å². The lowest BCUT2D eigenvalue weighted by atomic mass is 10.2. The minimum absolute atomic E-state index is 0.00850. The fraction of sp³-hybridized carbons (Fsp3) is 0.333. The number of thioether (sulfide) groups is 1. The van der Waals surface area contributed by atoms with Crippen LogP contribution in [0.3, 0.4) is 0 Å². The summed E-state index contributed by atoms with van der Waals surface area (Å²) in [6.45, 7) is 3.33. The van der Waals surface area contributed by atoms with Crippen LogP contribution >= 0.6 is 11.8 Å². The minimum Gasteiger partial charge on any atom is -0.480 e. The second kappa shape index (κ2) is 5.70. The maximum Gasteiger partial charge on any atom is 0.316 e. The molecule has 0 bridgehead atoms. The molecule has 0 saturated carbocycles. The zero-order chi connectivity index (χ0) is 12.1. The largest absolute Gasteiger partial charge is 0.480 e. The summed E-state index contributed by atoms with van der Waals surface area (Å²) >= 11 is 1.28. The highest BCUT2D eigenvalue weighted by Crippen LogP contribution is 2.26. The van der Waals surface area contributed by atoms with Crippen LogP contribution in [0.25, 0.3) is 0 Å². The van der Waals surface area contributed by atoms with Gasteiger partial charge in [0.1, 0.15) is 5.25 Å². The van der Waals surface area contributed by atoms with Crippen molar-refractivity contribution < 1.29 is 14.7 Å². The van der Waals surface area contributed by atoms with E-state index in [0.717, 1.165) is 4.90 Å². The lowest BCUT2D eigenvalue weighted by molar-refractivity contribution is -0.136. The van der Waals surface area contributed by atoms with Crippen molar-refractivity contribution in [3.05, 3.63) is 29.8 Å². The molecule has 1 atom stereocenters. The summed E-state index contributed by atoms with van der Waals surface area (Å²) in [6.07, 6.45) is 0.560. The number of benzene rings is 1. The Morgan fingerprint density at radius 3 is 2.62 bits per heavy atom. The van der Waals surface area contributed by atoms with Crippen LogP contribution in [0, 0.1) is 0 Å². The topological polar surface area (TPSA) is 54.4 Å². The molecule has 0 spiro atoms. The van der Waals surface area contributed by atoms with E-state index >= 15 is 0 Å². The summed E-state index contributed by atoms with van der Waals surface area (Å²) in [5.74, 6) is -0.827. The fourth-order valence-corrected chi connectivity index (χ4v) is 2.21. The molecule has 1 N–H and O–H groups in total. The number of aliphatic carboxylic acids is 1. The number of hydrogen-bond acceptors (Lipinski definition) is 3. The number of ketones is 1. The molecule has 3 nitrogen and oxygen atoms in total. The van der Waals surface area contributed by atoms with Crippen molar-refractivity contribution in [1.82, 2.24) is 0 Å². The number of carbonyl (C=O) groups is 2. The van der Waals surface area contributed by atoms with E-state index < -0.39 is 11.2 Å². The maximum absolute atomic E-state index is 11.2. The predicted molar refractivity (Wildman–Crippen MR) is 64.0 cm³/mol. The second-order valence-corrected chi connectivity index (χ2v) is 4.71. The van der Waals surface area contributed by atoms with Crippen molar-refractivity contribution in [2.24, 2.45) is 0 Å². The molecule has 0 amide bonds. The number of Topliss-reactive ketones (excluding diaryl/α,β-unsaturated/α-hetero) is 1. The quantitative estimate of drug-likeness (QED) is 0.633. The Balaban J connectivity index is 2.84. The van der Waals surface area contributed by atoms with Crippen LogP contribution in [0.2, 0.25) is 0 Å². The Hall–Kier alpha value is -1.29.